The topological polar surface area (TPSA) is 73.2 Å². The molecule has 1 aliphatic carbocycles. The number of hydrogen-bond acceptors (Lipinski definition) is 5. The first-order valence-corrected chi connectivity index (χ1v) is 11.3. The molecule has 0 radical (unpaired) electrons. The van der Waals surface area contributed by atoms with Crippen LogP contribution in [0.2, 0.25) is 0 Å². The van der Waals surface area contributed by atoms with Crippen molar-refractivity contribution in [3.8, 4) is 0 Å². The molecule has 0 bridgehead atoms. The van der Waals surface area contributed by atoms with Crippen molar-refractivity contribution in [3.63, 3.8) is 0 Å². The number of benzene rings is 1. The van der Waals surface area contributed by atoms with Crippen LogP contribution < -0.4 is 10.9 Å². The van der Waals surface area contributed by atoms with Crippen LogP contribution in [0.3, 0.4) is 0 Å². The first kappa shape index (κ1) is 21.8. The molecule has 6 nitrogen and oxygen atoms in total. The number of hydrogen-bond donors (Lipinski definition) is 1. The zero-order valence-corrected chi connectivity index (χ0v) is 18.5. The third-order valence-corrected chi connectivity index (χ3v) is 7.12. The highest BCUT2D eigenvalue weighted by atomic mass is 32.2. The highest BCUT2D eigenvalue weighted by Crippen LogP contribution is 2.30. The monoisotopic (exact) mass is 417 g/mol. The molecular formula is C22H31N3O3S. The Morgan fingerprint density at radius 2 is 2.10 bits per heavy atom. The molecule has 1 aromatic heterocycles. The third-order valence-electron chi connectivity index (χ3n) is 6.03. The van der Waals surface area contributed by atoms with Crippen LogP contribution in [-0.4, -0.2) is 40.5 Å². The van der Waals surface area contributed by atoms with Crippen molar-refractivity contribution < 1.29 is 9.53 Å². The molecule has 0 spiro atoms. The molecule has 1 amide bonds. The fourth-order valence-corrected chi connectivity index (χ4v) is 4.86. The lowest BCUT2D eigenvalue weighted by Gasteiger charge is -2.35. The summed E-state index contributed by atoms with van der Waals surface area (Å²) >= 11 is 1.33. The van der Waals surface area contributed by atoms with Crippen molar-refractivity contribution in [2.75, 3.05) is 13.7 Å². The number of methoxy groups -OCH3 is 1. The summed E-state index contributed by atoms with van der Waals surface area (Å²) in [7, 11) is 1.61. The average Bonchev–Trinajstić information content (AvgIpc) is 2.71. The largest absolute Gasteiger partial charge is 0.383 e. The fourth-order valence-electron chi connectivity index (χ4n) is 3.91. The number of thioether (sulfide) groups is 1. The van der Waals surface area contributed by atoms with Gasteiger partial charge in [-0.05, 0) is 37.3 Å². The number of nitrogens with one attached hydrogen (secondary N) is 1. The van der Waals surface area contributed by atoms with Gasteiger partial charge in [0.05, 0.1) is 29.3 Å². The third kappa shape index (κ3) is 5.01. The number of nitrogens with zero attached hydrogens (tertiary/aromatic N) is 2. The van der Waals surface area contributed by atoms with Gasteiger partial charge in [-0.3, -0.25) is 14.2 Å². The summed E-state index contributed by atoms with van der Waals surface area (Å²) in [5.74, 6) is 1.10. The van der Waals surface area contributed by atoms with E-state index in [1.807, 2.05) is 25.1 Å². The Bertz CT molecular complexity index is 914. The molecule has 1 fully saturated rings. The van der Waals surface area contributed by atoms with Gasteiger partial charge in [0, 0.05) is 13.2 Å². The first-order valence-electron chi connectivity index (χ1n) is 10.4. The quantitative estimate of drug-likeness (QED) is 0.552. The van der Waals surface area contributed by atoms with Crippen LogP contribution in [0.4, 0.5) is 0 Å². The lowest BCUT2D eigenvalue weighted by atomic mass is 9.78. The van der Waals surface area contributed by atoms with Gasteiger partial charge in [0.1, 0.15) is 0 Å². The molecule has 3 rings (SSSR count). The summed E-state index contributed by atoms with van der Waals surface area (Å²) in [6.07, 6.45) is 3.41. The number of para-hydroxylation sites is 1. The Balaban J connectivity index is 1.80. The molecule has 0 unspecified atom stereocenters. The second-order valence-electron chi connectivity index (χ2n) is 8.00. The summed E-state index contributed by atoms with van der Waals surface area (Å²) in [6, 6.07) is 7.53. The van der Waals surface area contributed by atoms with Crippen LogP contribution >= 0.6 is 11.8 Å². The van der Waals surface area contributed by atoms with Crippen molar-refractivity contribution in [3.05, 3.63) is 34.6 Å². The van der Waals surface area contributed by atoms with Crippen molar-refractivity contribution in [2.24, 2.45) is 11.8 Å². The minimum Gasteiger partial charge on any atom is -0.383 e. The maximum Gasteiger partial charge on any atom is 0.262 e. The highest BCUT2D eigenvalue weighted by molar-refractivity contribution is 8.00. The standard InChI is InChI=1S/C22H31N3O3S/c1-14-8-7-11-18(15(14)2)23-20(26)16(3)29-22-24-19-10-6-5-9-17(19)21(27)25(22)12-13-28-4/h5-6,9-10,14-16,18H,7-8,11-13H2,1-4H3,(H,23,26)/t14-,15+,16+,18-/m0/s1. The SMILES string of the molecule is COCCn1c(S[C@H](C)C(=O)N[C@H]2CCC[C@H](C)[C@H]2C)nc2ccccc2c1=O. The van der Waals surface area contributed by atoms with Crippen molar-refractivity contribution in [2.45, 2.75) is 63.0 Å². The maximum atomic E-state index is 13.0. The van der Waals surface area contributed by atoms with Crippen LogP contribution in [0.5, 0.6) is 0 Å². The van der Waals surface area contributed by atoms with Gasteiger partial charge in [-0.2, -0.15) is 0 Å². The van der Waals surface area contributed by atoms with E-state index in [1.165, 1.54) is 18.2 Å². The van der Waals surface area contributed by atoms with Crippen LogP contribution in [0.25, 0.3) is 10.9 Å². The molecule has 1 aliphatic rings. The summed E-state index contributed by atoms with van der Waals surface area (Å²) in [4.78, 5) is 30.5. The Kier molecular flexibility index (Phi) is 7.35. The van der Waals surface area contributed by atoms with E-state index in [4.69, 9.17) is 4.74 Å². The molecule has 2 aromatic rings. The number of rotatable bonds is 7. The number of ether oxygens (including phenoxy) is 1. The number of aromatic nitrogens is 2. The van der Waals surface area contributed by atoms with Gasteiger partial charge in [-0.1, -0.05) is 50.6 Å². The average molecular weight is 418 g/mol. The molecular weight excluding hydrogens is 386 g/mol. The maximum absolute atomic E-state index is 13.0. The number of fused-ring (bicyclic) bond motifs is 1. The lowest BCUT2D eigenvalue weighted by molar-refractivity contribution is -0.121. The molecule has 29 heavy (non-hydrogen) atoms. The fraction of sp³-hybridized carbons (Fsp3) is 0.591. The number of carbonyl (C=O) groups is 1. The van der Waals surface area contributed by atoms with Gasteiger partial charge in [0.15, 0.2) is 5.16 Å². The van der Waals surface area contributed by atoms with E-state index in [2.05, 4.69) is 24.1 Å². The zero-order valence-electron chi connectivity index (χ0n) is 17.7. The number of amides is 1. The minimum absolute atomic E-state index is 0.00153. The second-order valence-corrected chi connectivity index (χ2v) is 9.31. The molecule has 1 aromatic carbocycles. The van der Waals surface area contributed by atoms with E-state index >= 15 is 0 Å². The second kappa shape index (κ2) is 9.76. The van der Waals surface area contributed by atoms with E-state index in [9.17, 15) is 9.59 Å². The molecule has 1 N–H and O–H groups in total. The van der Waals surface area contributed by atoms with Crippen LogP contribution in [-0.2, 0) is 16.1 Å². The van der Waals surface area contributed by atoms with Crippen LogP contribution in [0, 0.1) is 11.8 Å². The molecule has 4 atom stereocenters. The van der Waals surface area contributed by atoms with Gasteiger partial charge in [-0.25, -0.2) is 4.98 Å². The van der Waals surface area contributed by atoms with E-state index in [0.29, 0.717) is 41.0 Å². The summed E-state index contributed by atoms with van der Waals surface area (Å²) in [6.45, 7) is 7.17. The number of carbonyl (C=O) groups excluding carboxylic acids is 1. The molecule has 7 heteroatoms. The van der Waals surface area contributed by atoms with Crippen molar-refractivity contribution >= 4 is 28.6 Å². The van der Waals surface area contributed by atoms with Gasteiger partial charge < -0.3 is 10.1 Å². The first-order chi connectivity index (χ1) is 13.9. The predicted molar refractivity (Wildman–Crippen MR) is 117 cm³/mol. The van der Waals surface area contributed by atoms with Gasteiger partial charge in [-0.15, -0.1) is 0 Å². The van der Waals surface area contributed by atoms with Gasteiger partial charge >= 0.3 is 0 Å². The summed E-state index contributed by atoms with van der Waals surface area (Å²) in [5, 5.41) is 4.02. The smallest absolute Gasteiger partial charge is 0.262 e. The predicted octanol–water partition coefficient (Wildman–Crippen LogP) is 3.46. The van der Waals surface area contributed by atoms with E-state index in [1.54, 1.807) is 17.7 Å². The Morgan fingerprint density at radius 3 is 2.86 bits per heavy atom. The molecule has 158 valence electrons. The van der Waals surface area contributed by atoms with E-state index < -0.39 is 0 Å². The molecule has 0 saturated heterocycles. The Hall–Kier alpha value is -1.86. The van der Waals surface area contributed by atoms with E-state index in [-0.39, 0.29) is 22.8 Å². The van der Waals surface area contributed by atoms with Crippen LogP contribution in [0.1, 0.15) is 40.0 Å². The Labute approximate surface area is 176 Å². The lowest BCUT2D eigenvalue weighted by Crippen LogP contribution is -2.46. The zero-order chi connectivity index (χ0) is 21.0. The van der Waals surface area contributed by atoms with Crippen molar-refractivity contribution in [1.82, 2.24) is 14.9 Å². The van der Waals surface area contributed by atoms with Crippen molar-refractivity contribution in [1.29, 1.82) is 0 Å². The molecule has 1 saturated carbocycles. The van der Waals surface area contributed by atoms with E-state index in [0.717, 1.165) is 12.8 Å². The normalized spacial score (nSPS) is 23.1. The van der Waals surface area contributed by atoms with Gasteiger partial charge in [0.25, 0.3) is 5.56 Å². The highest BCUT2D eigenvalue weighted by Gasteiger charge is 2.30. The minimum atomic E-state index is -0.346. The molecule has 1 heterocycles. The van der Waals surface area contributed by atoms with Crippen LogP contribution in [0.15, 0.2) is 34.2 Å². The molecule has 0 aliphatic heterocycles. The summed E-state index contributed by atoms with van der Waals surface area (Å²) in [5.41, 5.74) is 0.550. The summed E-state index contributed by atoms with van der Waals surface area (Å²) < 4.78 is 6.78. The van der Waals surface area contributed by atoms with Gasteiger partial charge in [0.2, 0.25) is 5.91 Å². The Morgan fingerprint density at radius 1 is 1.34 bits per heavy atom.